The van der Waals surface area contributed by atoms with E-state index in [0.717, 1.165) is 24.4 Å². The Bertz CT molecular complexity index is 518. The maximum atomic E-state index is 9.98. The van der Waals surface area contributed by atoms with Gasteiger partial charge >= 0.3 is 0 Å². The minimum absolute atomic E-state index is 0.567. The van der Waals surface area contributed by atoms with Gasteiger partial charge in [-0.1, -0.05) is 6.07 Å². The largest absolute Gasteiger partial charge is 0.388 e. The summed E-state index contributed by atoms with van der Waals surface area (Å²) in [5.41, 5.74) is 0.381. The van der Waals surface area contributed by atoms with E-state index in [4.69, 9.17) is 0 Å². The first-order valence-electron chi connectivity index (χ1n) is 5.55. The Labute approximate surface area is 94.1 Å². The van der Waals surface area contributed by atoms with E-state index in [1.807, 2.05) is 25.3 Å². The first-order valence-corrected chi connectivity index (χ1v) is 5.55. The van der Waals surface area contributed by atoms with Crippen LogP contribution in [-0.2, 0) is 0 Å². The lowest BCUT2D eigenvalue weighted by atomic mass is 10.1. The number of hydrogen-bond donors (Lipinski definition) is 1. The van der Waals surface area contributed by atoms with Crippen molar-refractivity contribution >= 4 is 11.5 Å². The molecular weight excluding hydrogens is 202 g/mol. The van der Waals surface area contributed by atoms with Crippen LogP contribution in [0.2, 0.25) is 0 Å². The van der Waals surface area contributed by atoms with E-state index in [-0.39, 0.29) is 0 Å². The van der Waals surface area contributed by atoms with Crippen LogP contribution in [-0.4, -0.2) is 33.2 Å². The third kappa shape index (κ3) is 1.46. The van der Waals surface area contributed by atoms with E-state index in [1.54, 1.807) is 6.20 Å². The van der Waals surface area contributed by atoms with E-state index < -0.39 is 5.60 Å². The second kappa shape index (κ2) is 3.22. The monoisotopic (exact) mass is 217 g/mol. The minimum atomic E-state index is -0.567. The lowest BCUT2D eigenvalue weighted by molar-refractivity contribution is 0.0839. The smallest absolute Gasteiger partial charge is 0.138 e. The maximum absolute atomic E-state index is 9.98. The van der Waals surface area contributed by atoms with E-state index >= 15 is 0 Å². The lowest BCUT2D eigenvalue weighted by Gasteiger charge is -2.21. The molecule has 4 heteroatoms. The molecule has 3 heterocycles. The van der Waals surface area contributed by atoms with Crippen molar-refractivity contribution < 1.29 is 5.11 Å². The molecule has 1 N–H and O–H groups in total. The van der Waals surface area contributed by atoms with Crippen molar-refractivity contribution in [2.45, 2.75) is 18.9 Å². The van der Waals surface area contributed by atoms with Crippen LogP contribution in [0.25, 0.3) is 5.65 Å². The second-order valence-corrected chi connectivity index (χ2v) is 4.71. The predicted octanol–water partition coefficient (Wildman–Crippen LogP) is 1.30. The van der Waals surface area contributed by atoms with Crippen molar-refractivity contribution in [1.29, 1.82) is 0 Å². The first kappa shape index (κ1) is 9.66. The number of pyridine rings is 1. The summed E-state index contributed by atoms with van der Waals surface area (Å²) in [6.07, 6.45) is 4.57. The molecule has 0 aliphatic carbocycles. The summed E-state index contributed by atoms with van der Waals surface area (Å²) in [5, 5.41) is 9.98. The SMILES string of the molecule is CC1(O)CCN(c2cccc3nccn23)C1. The van der Waals surface area contributed by atoms with E-state index in [9.17, 15) is 5.11 Å². The number of β-amino-alcohol motifs (C(OH)–C–C–N with tert-alkyl or cyclic N) is 1. The molecule has 2 aromatic heterocycles. The number of rotatable bonds is 1. The highest BCUT2D eigenvalue weighted by molar-refractivity contribution is 5.52. The standard InChI is InChI=1S/C12H15N3O/c1-12(16)5-7-14(9-12)11-4-2-3-10-13-6-8-15(10)11/h2-4,6,8,16H,5,7,9H2,1H3. The van der Waals surface area contributed by atoms with E-state index in [1.165, 1.54) is 0 Å². The third-order valence-electron chi connectivity index (χ3n) is 3.18. The molecule has 1 unspecified atom stereocenters. The molecular formula is C12H15N3O. The van der Waals surface area contributed by atoms with Crippen molar-refractivity contribution in [3.05, 3.63) is 30.6 Å². The van der Waals surface area contributed by atoms with Crippen LogP contribution in [0, 0.1) is 0 Å². The van der Waals surface area contributed by atoms with Crippen molar-refractivity contribution in [2.75, 3.05) is 18.0 Å². The van der Waals surface area contributed by atoms with Crippen LogP contribution in [0.1, 0.15) is 13.3 Å². The van der Waals surface area contributed by atoms with Crippen LogP contribution >= 0.6 is 0 Å². The molecule has 0 spiro atoms. The first-order chi connectivity index (χ1) is 7.66. The average Bonchev–Trinajstić information content (AvgIpc) is 2.83. The fraction of sp³-hybridized carbons (Fsp3) is 0.417. The van der Waals surface area contributed by atoms with Gasteiger partial charge in [-0.05, 0) is 25.5 Å². The van der Waals surface area contributed by atoms with Gasteiger partial charge in [-0.3, -0.25) is 4.40 Å². The number of aliphatic hydroxyl groups is 1. The zero-order valence-corrected chi connectivity index (χ0v) is 9.30. The molecule has 2 aromatic rings. The maximum Gasteiger partial charge on any atom is 0.138 e. The Balaban J connectivity index is 2.03. The Morgan fingerprint density at radius 1 is 1.44 bits per heavy atom. The Hall–Kier alpha value is -1.55. The average molecular weight is 217 g/mol. The van der Waals surface area contributed by atoms with Gasteiger partial charge < -0.3 is 10.0 Å². The molecule has 1 fully saturated rings. The van der Waals surface area contributed by atoms with Crippen molar-refractivity contribution in [1.82, 2.24) is 9.38 Å². The molecule has 1 aliphatic rings. The summed E-state index contributed by atoms with van der Waals surface area (Å²) in [4.78, 5) is 6.46. The van der Waals surface area contributed by atoms with Gasteiger partial charge in [0.15, 0.2) is 0 Å². The van der Waals surface area contributed by atoms with Crippen molar-refractivity contribution in [3.8, 4) is 0 Å². The van der Waals surface area contributed by atoms with Gasteiger partial charge in [0.1, 0.15) is 11.5 Å². The Morgan fingerprint density at radius 3 is 3.06 bits per heavy atom. The van der Waals surface area contributed by atoms with Crippen LogP contribution in [0.5, 0.6) is 0 Å². The minimum Gasteiger partial charge on any atom is -0.388 e. The molecule has 0 amide bonds. The molecule has 4 nitrogen and oxygen atoms in total. The van der Waals surface area contributed by atoms with Gasteiger partial charge in [-0.2, -0.15) is 0 Å². The van der Waals surface area contributed by atoms with Gasteiger partial charge in [0.2, 0.25) is 0 Å². The molecule has 0 saturated carbocycles. The summed E-state index contributed by atoms with van der Waals surface area (Å²) in [7, 11) is 0. The molecule has 1 atom stereocenters. The molecule has 84 valence electrons. The van der Waals surface area contributed by atoms with Crippen molar-refractivity contribution in [2.24, 2.45) is 0 Å². The summed E-state index contributed by atoms with van der Waals surface area (Å²) in [5.74, 6) is 1.10. The molecule has 3 rings (SSSR count). The predicted molar refractivity (Wildman–Crippen MR) is 62.6 cm³/mol. The number of nitrogens with zero attached hydrogens (tertiary/aromatic N) is 3. The zero-order chi connectivity index (χ0) is 11.2. The van der Waals surface area contributed by atoms with Gasteiger partial charge in [-0.15, -0.1) is 0 Å². The van der Waals surface area contributed by atoms with Crippen molar-refractivity contribution in [3.63, 3.8) is 0 Å². The highest BCUT2D eigenvalue weighted by Crippen LogP contribution is 2.26. The van der Waals surface area contributed by atoms with Crippen LogP contribution in [0.15, 0.2) is 30.6 Å². The summed E-state index contributed by atoms with van der Waals surface area (Å²) in [6, 6.07) is 6.05. The van der Waals surface area contributed by atoms with Crippen LogP contribution < -0.4 is 4.90 Å². The van der Waals surface area contributed by atoms with E-state index in [2.05, 4.69) is 20.4 Å². The highest BCUT2D eigenvalue weighted by atomic mass is 16.3. The Kier molecular flexibility index (Phi) is 1.94. The number of imidazole rings is 1. The highest BCUT2D eigenvalue weighted by Gasteiger charge is 2.32. The van der Waals surface area contributed by atoms with Gasteiger partial charge in [0.05, 0.1) is 5.60 Å². The molecule has 1 saturated heterocycles. The van der Waals surface area contributed by atoms with Crippen LogP contribution in [0.3, 0.4) is 0 Å². The number of hydrogen-bond acceptors (Lipinski definition) is 3. The quantitative estimate of drug-likeness (QED) is 0.782. The fourth-order valence-electron chi connectivity index (χ4n) is 2.33. The molecule has 0 aromatic carbocycles. The fourth-order valence-corrected chi connectivity index (χ4v) is 2.33. The summed E-state index contributed by atoms with van der Waals surface area (Å²) >= 11 is 0. The van der Waals surface area contributed by atoms with Gasteiger partial charge in [0, 0.05) is 25.5 Å². The molecule has 0 bridgehead atoms. The van der Waals surface area contributed by atoms with E-state index in [0.29, 0.717) is 6.54 Å². The van der Waals surface area contributed by atoms with Gasteiger partial charge in [-0.25, -0.2) is 4.98 Å². The molecule has 0 radical (unpaired) electrons. The number of anilines is 1. The molecule has 1 aliphatic heterocycles. The van der Waals surface area contributed by atoms with Gasteiger partial charge in [0.25, 0.3) is 0 Å². The lowest BCUT2D eigenvalue weighted by Crippen LogP contribution is -2.30. The second-order valence-electron chi connectivity index (χ2n) is 4.71. The Morgan fingerprint density at radius 2 is 2.31 bits per heavy atom. The number of fused-ring (bicyclic) bond motifs is 1. The summed E-state index contributed by atoms with van der Waals surface area (Å²) < 4.78 is 2.06. The normalized spacial score (nSPS) is 25.5. The topological polar surface area (TPSA) is 40.8 Å². The third-order valence-corrected chi connectivity index (χ3v) is 3.18. The number of aromatic nitrogens is 2. The molecule has 16 heavy (non-hydrogen) atoms. The zero-order valence-electron chi connectivity index (χ0n) is 9.30. The van der Waals surface area contributed by atoms with Crippen LogP contribution in [0.4, 0.5) is 5.82 Å². The summed E-state index contributed by atoms with van der Waals surface area (Å²) in [6.45, 7) is 3.47.